The molecular formula is C8H5F5INO2. The van der Waals surface area contributed by atoms with Crippen molar-refractivity contribution in [1.29, 1.82) is 0 Å². The third-order valence-corrected chi connectivity index (χ3v) is 2.78. The first-order valence-electron chi connectivity index (χ1n) is 4.08. The molecule has 0 atom stereocenters. The van der Waals surface area contributed by atoms with Gasteiger partial charge < -0.3 is 9.84 Å². The van der Waals surface area contributed by atoms with Crippen molar-refractivity contribution < 1.29 is 31.8 Å². The monoisotopic (exact) mass is 369 g/mol. The van der Waals surface area contributed by atoms with Crippen LogP contribution in [0.3, 0.4) is 0 Å². The second kappa shape index (κ2) is 5.29. The molecule has 1 heterocycles. The molecule has 0 unspecified atom stereocenters. The molecular weight excluding hydrogens is 364 g/mol. The molecule has 1 aromatic heterocycles. The zero-order valence-electron chi connectivity index (χ0n) is 7.93. The van der Waals surface area contributed by atoms with Crippen LogP contribution in [0.15, 0.2) is 6.07 Å². The minimum Gasteiger partial charge on any atom is -0.392 e. The van der Waals surface area contributed by atoms with E-state index in [9.17, 15) is 22.0 Å². The molecule has 0 aliphatic heterocycles. The lowest BCUT2D eigenvalue weighted by Crippen LogP contribution is -2.19. The average molecular weight is 369 g/mol. The Labute approximate surface area is 106 Å². The topological polar surface area (TPSA) is 42.4 Å². The number of aliphatic hydroxyl groups is 1. The number of pyridine rings is 1. The Balaban J connectivity index is 3.23. The first-order chi connectivity index (χ1) is 7.74. The molecule has 96 valence electrons. The summed E-state index contributed by atoms with van der Waals surface area (Å²) in [6, 6.07) is 0.829. The van der Waals surface area contributed by atoms with Gasteiger partial charge >= 0.3 is 6.36 Å². The highest BCUT2D eigenvalue weighted by atomic mass is 127. The van der Waals surface area contributed by atoms with Crippen molar-refractivity contribution in [2.45, 2.75) is 19.4 Å². The third kappa shape index (κ3) is 3.91. The van der Waals surface area contributed by atoms with Crippen molar-refractivity contribution in [3.63, 3.8) is 0 Å². The fourth-order valence-electron chi connectivity index (χ4n) is 0.982. The van der Waals surface area contributed by atoms with Gasteiger partial charge in [-0.1, -0.05) is 0 Å². The summed E-state index contributed by atoms with van der Waals surface area (Å²) in [4.78, 5) is 3.05. The molecule has 0 spiro atoms. The fourth-order valence-corrected chi connectivity index (χ4v) is 1.54. The maximum absolute atomic E-state index is 12.3. The minimum atomic E-state index is -5.03. The van der Waals surface area contributed by atoms with Crippen LogP contribution in [0.1, 0.15) is 17.7 Å². The molecule has 1 aromatic rings. The molecule has 1 rings (SSSR count). The standard InChI is InChI=1S/C8H5F5INO2/c9-6(10)4-1-3(2-16)5(14)7(15-4)17-8(11,12)13/h1,6,16H,2H2. The molecule has 0 aliphatic carbocycles. The van der Waals surface area contributed by atoms with Gasteiger partial charge in [0.25, 0.3) is 6.43 Å². The van der Waals surface area contributed by atoms with Crippen molar-refractivity contribution in [1.82, 2.24) is 4.98 Å². The number of nitrogens with zero attached hydrogens (tertiary/aromatic N) is 1. The molecule has 0 radical (unpaired) electrons. The second-order valence-corrected chi connectivity index (χ2v) is 3.91. The van der Waals surface area contributed by atoms with Crippen LogP contribution < -0.4 is 4.74 Å². The molecule has 17 heavy (non-hydrogen) atoms. The number of aliphatic hydroxyl groups excluding tert-OH is 1. The van der Waals surface area contributed by atoms with Crippen LogP contribution in [0.25, 0.3) is 0 Å². The van der Waals surface area contributed by atoms with E-state index in [1.54, 1.807) is 0 Å². The van der Waals surface area contributed by atoms with Crippen molar-refractivity contribution in [3.8, 4) is 5.88 Å². The average Bonchev–Trinajstić information content (AvgIpc) is 2.18. The number of halogens is 6. The van der Waals surface area contributed by atoms with Gasteiger partial charge in [0.1, 0.15) is 5.69 Å². The summed E-state index contributed by atoms with van der Waals surface area (Å²) in [5, 5.41) is 8.83. The molecule has 0 aromatic carbocycles. The van der Waals surface area contributed by atoms with Crippen LogP contribution in [0.5, 0.6) is 5.88 Å². The summed E-state index contributed by atoms with van der Waals surface area (Å²) in [6.45, 7) is -0.686. The van der Waals surface area contributed by atoms with E-state index in [2.05, 4.69) is 9.72 Å². The first-order valence-corrected chi connectivity index (χ1v) is 5.16. The molecule has 0 fully saturated rings. The van der Waals surface area contributed by atoms with Crippen LogP contribution in [0.2, 0.25) is 0 Å². The lowest BCUT2D eigenvalue weighted by atomic mass is 10.2. The predicted molar refractivity (Wildman–Crippen MR) is 54.5 cm³/mol. The molecule has 0 aliphatic rings. The summed E-state index contributed by atoms with van der Waals surface area (Å²) in [7, 11) is 0. The van der Waals surface area contributed by atoms with Gasteiger partial charge in [-0.3, -0.25) is 0 Å². The number of alkyl halides is 5. The Morgan fingerprint density at radius 2 is 2.00 bits per heavy atom. The van der Waals surface area contributed by atoms with E-state index in [0.29, 0.717) is 0 Å². The Morgan fingerprint density at radius 3 is 2.41 bits per heavy atom. The molecule has 1 N–H and O–H groups in total. The number of aromatic nitrogens is 1. The van der Waals surface area contributed by atoms with Gasteiger partial charge in [-0.25, -0.2) is 13.8 Å². The summed E-state index contributed by atoms with van der Waals surface area (Å²) < 4.78 is 64.0. The number of rotatable bonds is 3. The maximum atomic E-state index is 12.3. The van der Waals surface area contributed by atoms with Gasteiger partial charge in [0.15, 0.2) is 0 Å². The summed E-state index contributed by atoms with van der Waals surface area (Å²) >= 11 is 1.43. The lowest BCUT2D eigenvalue weighted by molar-refractivity contribution is -0.276. The molecule has 3 nitrogen and oxygen atoms in total. The first kappa shape index (κ1) is 14.4. The van der Waals surface area contributed by atoms with E-state index < -0.39 is 31.0 Å². The van der Waals surface area contributed by atoms with Crippen molar-refractivity contribution in [2.24, 2.45) is 0 Å². The van der Waals surface area contributed by atoms with Crippen molar-refractivity contribution in [2.75, 3.05) is 0 Å². The van der Waals surface area contributed by atoms with Gasteiger partial charge in [0, 0.05) is 0 Å². The number of hydrogen-bond donors (Lipinski definition) is 1. The molecule has 0 saturated carbocycles. The minimum absolute atomic E-state index is 0.102. The van der Waals surface area contributed by atoms with Crippen LogP contribution >= 0.6 is 22.6 Å². The predicted octanol–water partition coefficient (Wildman–Crippen LogP) is 3.01. The molecule has 0 amide bonds. The van der Waals surface area contributed by atoms with Gasteiger partial charge in [0.05, 0.1) is 10.2 Å². The third-order valence-electron chi connectivity index (χ3n) is 1.63. The van der Waals surface area contributed by atoms with Crippen LogP contribution in [-0.4, -0.2) is 16.5 Å². The van der Waals surface area contributed by atoms with Gasteiger partial charge in [0.2, 0.25) is 5.88 Å². The van der Waals surface area contributed by atoms with E-state index in [1.807, 2.05) is 0 Å². The zero-order valence-corrected chi connectivity index (χ0v) is 10.1. The van der Waals surface area contributed by atoms with E-state index in [4.69, 9.17) is 5.11 Å². The lowest BCUT2D eigenvalue weighted by Gasteiger charge is -2.13. The largest absolute Gasteiger partial charge is 0.574 e. The van der Waals surface area contributed by atoms with Gasteiger partial charge in [-0.05, 0) is 34.2 Å². The van der Waals surface area contributed by atoms with Gasteiger partial charge in [-0.2, -0.15) is 0 Å². The van der Waals surface area contributed by atoms with E-state index in [0.717, 1.165) is 6.07 Å². The van der Waals surface area contributed by atoms with E-state index in [1.165, 1.54) is 22.6 Å². The van der Waals surface area contributed by atoms with Crippen LogP contribution in [-0.2, 0) is 6.61 Å². The highest BCUT2D eigenvalue weighted by molar-refractivity contribution is 14.1. The Kier molecular flexibility index (Phi) is 4.47. The Bertz CT molecular complexity index is 410. The second-order valence-electron chi connectivity index (χ2n) is 2.83. The van der Waals surface area contributed by atoms with E-state index >= 15 is 0 Å². The smallest absolute Gasteiger partial charge is 0.392 e. The number of hydrogen-bond acceptors (Lipinski definition) is 3. The Hall–Kier alpha value is -0.710. The quantitative estimate of drug-likeness (QED) is 0.658. The van der Waals surface area contributed by atoms with Gasteiger partial charge in [-0.15, -0.1) is 13.2 Å². The fraction of sp³-hybridized carbons (Fsp3) is 0.375. The SMILES string of the molecule is OCc1cc(C(F)F)nc(OC(F)(F)F)c1I. The highest BCUT2D eigenvalue weighted by Crippen LogP contribution is 2.31. The Morgan fingerprint density at radius 1 is 1.41 bits per heavy atom. The molecule has 0 saturated heterocycles. The van der Waals surface area contributed by atoms with Crippen molar-refractivity contribution in [3.05, 3.63) is 20.9 Å². The van der Waals surface area contributed by atoms with Crippen molar-refractivity contribution >= 4 is 22.6 Å². The highest BCUT2D eigenvalue weighted by Gasteiger charge is 2.33. The van der Waals surface area contributed by atoms with Crippen LogP contribution in [0, 0.1) is 3.57 Å². The molecule has 0 bridgehead atoms. The maximum Gasteiger partial charge on any atom is 0.574 e. The zero-order chi connectivity index (χ0) is 13.2. The summed E-state index contributed by atoms with van der Waals surface area (Å²) in [6.07, 6.45) is -8.08. The summed E-state index contributed by atoms with van der Waals surface area (Å²) in [5.41, 5.74) is -0.983. The normalized spacial score (nSPS) is 12.0. The molecule has 9 heteroatoms. The van der Waals surface area contributed by atoms with E-state index in [-0.39, 0.29) is 9.13 Å². The number of ether oxygens (including phenoxy) is 1. The summed E-state index contributed by atoms with van der Waals surface area (Å²) in [5.74, 6) is -0.986. The van der Waals surface area contributed by atoms with Crippen LogP contribution in [0.4, 0.5) is 22.0 Å².